The summed E-state index contributed by atoms with van der Waals surface area (Å²) >= 11 is 5.87. The summed E-state index contributed by atoms with van der Waals surface area (Å²) in [7, 11) is 0. The van der Waals surface area contributed by atoms with Crippen molar-refractivity contribution in [2.75, 3.05) is 26.2 Å². The minimum absolute atomic E-state index is 0.230. The number of benzene rings is 1. The van der Waals surface area contributed by atoms with Crippen LogP contribution >= 0.6 is 11.6 Å². The van der Waals surface area contributed by atoms with E-state index in [0.29, 0.717) is 12.0 Å². The van der Waals surface area contributed by atoms with Gasteiger partial charge in [-0.15, -0.1) is 0 Å². The van der Waals surface area contributed by atoms with Crippen molar-refractivity contribution in [2.45, 2.75) is 32.2 Å². The van der Waals surface area contributed by atoms with Crippen LogP contribution in [0.1, 0.15) is 31.2 Å². The van der Waals surface area contributed by atoms with Crippen LogP contribution in [0, 0.1) is 11.2 Å². The second-order valence-corrected chi connectivity index (χ2v) is 6.71. The van der Waals surface area contributed by atoms with Crippen molar-refractivity contribution in [1.82, 2.24) is 10.2 Å². The zero-order chi connectivity index (χ0) is 14.0. The maximum absolute atomic E-state index is 14.0. The molecule has 1 aromatic carbocycles. The topological polar surface area (TPSA) is 15.3 Å². The highest BCUT2D eigenvalue weighted by Crippen LogP contribution is 2.36. The number of hydrogen-bond acceptors (Lipinski definition) is 2. The van der Waals surface area contributed by atoms with E-state index in [1.165, 1.54) is 25.7 Å². The van der Waals surface area contributed by atoms with Crippen molar-refractivity contribution in [2.24, 2.45) is 5.41 Å². The van der Waals surface area contributed by atoms with E-state index in [0.717, 1.165) is 31.7 Å². The van der Waals surface area contributed by atoms with E-state index in [2.05, 4.69) is 10.2 Å². The monoisotopic (exact) mass is 296 g/mol. The average Bonchev–Trinajstić information content (AvgIpc) is 2.45. The van der Waals surface area contributed by atoms with E-state index in [4.69, 9.17) is 11.6 Å². The molecule has 2 aliphatic heterocycles. The first-order chi connectivity index (χ1) is 9.69. The molecule has 0 amide bonds. The Balaban J connectivity index is 1.69. The minimum atomic E-state index is -0.254. The third-order valence-electron chi connectivity index (χ3n) is 4.73. The van der Waals surface area contributed by atoms with E-state index < -0.39 is 0 Å². The Bertz CT molecular complexity index is 466. The molecule has 4 heteroatoms. The van der Waals surface area contributed by atoms with Gasteiger partial charge in [0.1, 0.15) is 5.82 Å². The first-order valence-electron chi connectivity index (χ1n) is 7.55. The summed E-state index contributed by atoms with van der Waals surface area (Å²) in [5.74, 6) is -0.254. The molecule has 110 valence electrons. The van der Waals surface area contributed by atoms with Gasteiger partial charge in [0.2, 0.25) is 0 Å². The molecule has 2 fully saturated rings. The predicted molar refractivity (Wildman–Crippen MR) is 80.5 cm³/mol. The molecule has 0 aliphatic carbocycles. The van der Waals surface area contributed by atoms with Crippen LogP contribution in [0.15, 0.2) is 18.2 Å². The predicted octanol–water partition coefficient (Wildman–Crippen LogP) is 3.44. The molecule has 1 atom stereocenters. The van der Waals surface area contributed by atoms with Crippen LogP contribution in [-0.2, 0) is 6.54 Å². The summed E-state index contributed by atoms with van der Waals surface area (Å²) in [4.78, 5) is 2.39. The molecular weight excluding hydrogens is 275 g/mol. The highest BCUT2D eigenvalue weighted by molar-refractivity contribution is 6.30. The van der Waals surface area contributed by atoms with E-state index in [9.17, 15) is 4.39 Å². The highest BCUT2D eigenvalue weighted by Gasteiger charge is 2.36. The fourth-order valence-electron chi connectivity index (χ4n) is 3.74. The molecule has 20 heavy (non-hydrogen) atoms. The SMILES string of the molecule is Fc1c(Cl)cccc1CN1CCCC2(CCCNC2)C1. The smallest absolute Gasteiger partial charge is 0.146 e. The normalized spacial score (nSPS) is 27.9. The number of piperidine rings is 2. The number of nitrogens with zero attached hydrogens (tertiary/aromatic N) is 1. The van der Waals surface area contributed by atoms with Gasteiger partial charge in [0, 0.05) is 25.2 Å². The van der Waals surface area contributed by atoms with E-state index >= 15 is 0 Å². The quantitative estimate of drug-likeness (QED) is 0.899. The van der Waals surface area contributed by atoms with E-state index in [1.54, 1.807) is 6.07 Å². The van der Waals surface area contributed by atoms with Gasteiger partial charge in [0.05, 0.1) is 5.02 Å². The average molecular weight is 297 g/mol. The first-order valence-corrected chi connectivity index (χ1v) is 7.92. The third-order valence-corrected chi connectivity index (χ3v) is 5.02. The number of rotatable bonds is 2. The fraction of sp³-hybridized carbons (Fsp3) is 0.625. The number of nitrogens with one attached hydrogen (secondary N) is 1. The Morgan fingerprint density at radius 3 is 2.95 bits per heavy atom. The van der Waals surface area contributed by atoms with Crippen molar-refractivity contribution in [3.05, 3.63) is 34.6 Å². The van der Waals surface area contributed by atoms with Gasteiger partial charge in [0.25, 0.3) is 0 Å². The molecule has 3 rings (SSSR count). The lowest BCUT2D eigenvalue weighted by atomic mass is 9.74. The van der Waals surface area contributed by atoms with Crippen molar-refractivity contribution >= 4 is 11.6 Å². The van der Waals surface area contributed by atoms with Crippen LogP contribution in [0.25, 0.3) is 0 Å². The molecule has 0 aromatic heterocycles. The zero-order valence-electron chi connectivity index (χ0n) is 11.8. The number of hydrogen-bond donors (Lipinski definition) is 1. The van der Waals surface area contributed by atoms with Crippen LogP contribution in [0.3, 0.4) is 0 Å². The van der Waals surface area contributed by atoms with Gasteiger partial charge in [-0.2, -0.15) is 0 Å². The largest absolute Gasteiger partial charge is 0.316 e. The number of likely N-dealkylation sites (tertiary alicyclic amines) is 1. The summed E-state index contributed by atoms with van der Waals surface area (Å²) in [5.41, 5.74) is 1.13. The Labute approximate surface area is 125 Å². The Kier molecular flexibility index (Phi) is 4.29. The lowest BCUT2D eigenvalue weighted by Gasteiger charge is -2.45. The van der Waals surface area contributed by atoms with Gasteiger partial charge in [-0.25, -0.2) is 4.39 Å². The summed E-state index contributed by atoms with van der Waals surface area (Å²) in [6.07, 6.45) is 5.08. The molecule has 1 aromatic rings. The highest BCUT2D eigenvalue weighted by atomic mass is 35.5. The molecular formula is C16H22ClFN2. The Hall–Kier alpha value is -0.640. The molecule has 0 bridgehead atoms. The molecule has 0 radical (unpaired) electrons. The van der Waals surface area contributed by atoms with Crippen LogP contribution < -0.4 is 5.32 Å². The second kappa shape index (κ2) is 6.00. The molecule has 2 saturated heterocycles. The summed E-state index contributed by atoms with van der Waals surface area (Å²) in [6, 6.07) is 5.30. The Morgan fingerprint density at radius 2 is 2.15 bits per heavy atom. The molecule has 2 nitrogen and oxygen atoms in total. The minimum Gasteiger partial charge on any atom is -0.316 e. The van der Waals surface area contributed by atoms with Crippen LogP contribution in [0.2, 0.25) is 5.02 Å². The van der Waals surface area contributed by atoms with Gasteiger partial charge >= 0.3 is 0 Å². The Morgan fingerprint density at radius 1 is 1.30 bits per heavy atom. The van der Waals surface area contributed by atoms with Crippen molar-refractivity contribution < 1.29 is 4.39 Å². The van der Waals surface area contributed by atoms with Gasteiger partial charge < -0.3 is 5.32 Å². The van der Waals surface area contributed by atoms with E-state index in [-0.39, 0.29) is 10.8 Å². The lowest BCUT2D eigenvalue weighted by molar-refractivity contribution is 0.0594. The maximum atomic E-state index is 14.0. The van der Waals surface area contributed by atoms with Crippen LogP contribution in [-0.4, -0.2) is 31.1 Å². The molecule has 2 heterocycles. The van der Waals surface area contributed by atoms with Crippen molar-refractivity contribution in [3.63, 3.8) is 0 Å². The van der Waals surface area contributed by atoms with Gasteiger partial charge in [-0.05, 0) is 50.3 Å². The molecule has 1 spiro atoms. The second-order valence-electron chi connectivity index (χ2n) is 6.31. The lowest BCUT2D eigenvalue weighted by Crippen LogP contribution is -2.50. The molecule has 2 aliphatic rings. The van der Waals surface area contributed by atoms with E-state index in [1.807, 2.05) is 12.1 Å². The van der Waals surface area contributed by atoms with Crippen molar-refractivity contribution in [3.8, 4) is 0 Å². The molecule has 1 unspecified atom stereocenters. The van der Waals surface area contributed by atoms with Crippen molar-refractivity contribution in [1.29, 1.82) is 0 Å². The molecule has 0 saturated carbocycles. The zero-order valence-corrected chi connectivity index (χ0v) is 12.6. The fourth-order valence-corrected chi connectivity index (χ4v) is 3.93. The number of halogens is 2. The summed E-state index contributed by atoms with van der Waals surface area (Å²) in [5, 5.41) is 3.76. The van der Waals surface area contributed by atoms with Gasteiger partial charge in [-0.3, -0.25) is 4.90 Å². The third kappa shape index (κ3) is 3.00. The first kappa shape index (κ1) is 14.3. The molecule has 1 N–H and O–H groups in total. The maximum Gasteiger partial charge on any atom is 0.146 e. The van der Waals surface area contributed by atoms with Crippen LogP contribution in [0.5, 0.6) is 0 Å². The summed E-state index contributed by atoms with van der Waals surface area (Å²) < 4.78 is 14.0. The van der Waals surface area contributed by atoms with Crippen LogP contribution in [0.4, 0.5) is 4.39 Å². The van der Waals surface area contributed by atoms with Gasteiger partial charge in [-0.1, -0.05) is 23.7 Å². The standard InChI is InChI=1S/C16H22ClFN2/c17-14-5-1-4-13(15(14)18)10-20-9-3-7-16(12-20)6-2-8-19-11-16/h1,4-5,19H,2-3,6-12H2. The summed E-state index contributed by atoms with van der Waals surface area (Å²) in [6.45, 7) is 5.07. The van der Waals surface area contributed by atoms with Gasteiger partial charge in [0.15, 0.2) is 0 Å².